The zero-order chi connectivity index (χ0) is 16.9. The van der Waals surface area contributed by atoms with Crippen LogP contribution in [0.5, 0.6) is 5.75 Å². The van der Waals surface area contributed by atoms with Gasteiger partial charge in [-0.05, 0) is 35.4 Å². The topological polar surface area (TPSA) is 72.5 Å². The zero-order valence-electron chi connectivity index (χ0n) is 13.1. The Labute approximate surface area is 136 Å². The molecule has 0 heterocycles. The Bertz CT molecular complexity index is 765. The van der Waals surface area contributed by atoms with Crippen molar-refractivity contribution >= 4 is 15.7 Å². The lowest BCUT2D eigenvalue weighted by Crippen LogP contribution is -2.22. The number of amides is 1. The van der Waals surface area contributed by atoms with Gasteiger partial charge in [0.15, 0.2) is 9.84 Å². The summed E-state index contributed by atoms with van der Waals surface area (Å²) in [5.74, 6) is 0.536. The van der Waals surface area contributed by atoms with Crippen molar-refractivity contribution in [2.45, 2.75) is 12.3 Å². The monoisotopic (exact) mass is 333 g/mol. The highest BCUT2D eigenvalue weighted by Gasteiger charge is 2.08. The molecular weight excluding hydrogens is 314 g/mol. The first-order chi connectivity index (χ1) is 10.9. The summed E-state index contributed by atoms with van der Waals surface area (Å²) < 4.78 is 27.6. The molecule has 122 valence electrons. The summed E-state index contributed by atoms with van der Waals surface area (Å²) in [4.78, 5) is 12.1. The molecule has 0 fully saturated rings. The van der Waals surface area contributed by atoms with Crippen LogP contribution in [0.25, 0.3) is 0 Å². The Morgan fingerprint density at radius 1 is 1.00 bits per heavy atom. The second-order valence-electron chi connectivity index (χ2n) is 5.30. The summed E-state index contributed by atoms with van der Waals surface area (Å²) in [5, 5.41) is 2.82. The van der Waals surface area contributed by atoms with Gasteiger partial charge in [-0.25, -0.2) is 8.42 Å². The number of benzene rings is 2. The van der Waals surface area contributed by atoms with Gasteiger partial charge < -0.3 is 10.1 Å². The third kappa shape index (κ3) is 5.41. The largest absolute Gasteiger partial charge is 0.497 e. The van der Waals surface area contributed by atoms with E-state index in [0.29, 0.717) is 17.7 Å². The molecule has 0 saturated heterocycles. The first-order valence-electron chi connectivity index (χ1n) is 7.05. The molecule has 1 N–H and O–H groups in total. The summed E-state index contributed by atoms with van der Waals surface area (Å²) >= 11 is 0. The molecule has 2 rings (SSSR count). The fourth-order valence-corrected chi connectivity index (χ4v) is 2.88. The molecule has 0 spiro atoms. The van der Waals surface area contributed by atoms with E-state index in [2.05, 4.69) is 5.32 Å². The molecule has 1 amide bonds. The predicted molar refractivity (Wildman–Crippen MR) is 89.2 cm³/mol. The molecule has 0 aromatic heterocycles. The predicted octanol–water partition coefficient (Wildman–Crippen LogP) is 2.17. The zero-order valence-corrected chi connectivity index (χ0v) is 13.9. The quantitative estimate of drug-likeness (QED) is 0.879. The average Bonchev–Trinajstić information content (AvgIpc) is 2.52. The second-order valence-corrected chi connectivity index (χ2v) is 7.44. The van der Waals surface area contributed by atoms with E-state index in [0.717, 1.165) is 11.3 Å². The highest BCUT2D eigenvalue weighted by molar-refractivity contribution is 7.89. The Morgan fingerprint density at radius 3 is 2.09 bits per heavy atom. The maximum atomic E-state index is 12.1. The van der Waals surface area contributed by atoms with Crippen molar-refractivity contribution in [2.24, 2.45) is 0 Å². The Kier molecular flexibility index (Phi) is 5.39. The Balaban J connectivity index is 1.94. The minimum absolute atomic E-state index is 0.0270. The first kappa shape index (κ1) is 17.0. The normalized spacial score (nSPS) is 11.0. The number of rotatable bonds is 6. The van der Waals surface area contributed by atoms with Gasteiger partial charge in [-0.3, -0.25) is 4.79 Å². The third-order valence-electron chi connectivity index (χ3n) is 3.26. The number of carbonyl (C=O) groups excluding carboxylic acids is 1. The molecule has 0 aliphatic rings. The van der Waals surface area contributed by atoms with Gasteiger partial charge in [0, 0.05) is 18.4 Å². The van der Waals surface area contributed by atoms with Crippen LogP contribution in [0.15, 0.2) is 48.5 Å². The van der Waals surface area contributed by atoms with E-state index in [1.165, 1.54) is 6.26 Å². The maximum Gasteiger partial charge on any atom is 0.251 e. The first-order valence-corrected chi connectivity index (χ1v) is 9.11. The van der Waals surface area contributed by atoms with Crippen molar-refractivity contribution in [2.75, 3.05) is 13.4 Å². The molecule has 0 bridgehead atoms. The highest BCUT2D eigenvalue weighted by atomic mass is 32.2. The van der Waals surface area contributed by atoms with Crippen molar-refractivity contribution < 1.29 is 17.9 Å². The molecule has 0 saturated carbocycles. The van der Waals surface area contributed by atoms with Gasteiger partial charge in [0.2, 0.25) is 0 Å². The van der Waals surface area contributed by atoms with Crippen molar-refractivity contribution in [3.63, 3.8) is 0 Å². The highest BCUT2D eigenvalue weighted by Crippen LogP contribution is 2.12. The van der Waals surface area contributed by atoms with Crippen LogP contribution in [0.3, 0.4) is 0 Å². The van der Waals surface area contributed by atoms with E-state index in [-0.39, 0.29) is 11.7 Å². The van der Waals surface area contributed by atoms with Crippen molar-refractivity contribution in [1.82, 2.24) is 5.32 Å². The molecule has 0 unspecified atom stereocenters. The number of ether oxygens (including phenoxy) is 1. The van der Waals surface area contributed by atoms with Crippen LogP contribution in [-0.4, -0.2) is 27.7 Å². The van der Waals surface area contributed by atoms with Crippen LogP contribution in [-0.2, 0) is 22.1 Å². The van der Waals surface area contributed by atoms with Crippen LogP contribution >= 0.6 is 0 Å². The number of hydrogen-bond donors (Lipinski definition) is 1. The number of sulfone groups is 1. The number of nitrogens with one attached hydrogen (secondary N) is 1. The van der Waals surface area contributed by atoms with Gasteiger partial charge in [0.1, 0.15) is 5.75 Å². The van der Waals surface area contributed by atoms with Gasteiger partial charge >= 0.3 is 0 Å². The molecule has 0 atom stereocenters. The van der Waals surface area contributed by atoms with Gasteiger partial charge in [-0.2, -0.15) is 0 Å². The van der Waals surface area contributed by atoms with Gasteiger partial charge in [0.05, 0.1) is 12.9 Å². The molecule has 0 aliphatic heterocycles. The van der Waals surface area contributed by atoms with E-state index < -0.39 is 9.84 Å². The standard InChI is InChI=1S/C17H19NO4S/c1-22-16-9-5-13(6-10-16)11-18-17(19)15-7-3-14(4-8-15)12-23(2,20)21/h3-10H,11-12H2,1-2H3,(H,18,19). The summed E-state index contributed by atoms with van der Waals surface area (Å²) in [6.07, 6.45) is 1.18. The van der Waals surface area contributed by atoms with E-state index in [1.54, 1.807) is 31.4 Å². The molecular formula is C17H19NO4S. The Morgan fingerprint density at radius 2 is 1.57 bits per heavy atom. The molecule has 2 aromatic rings. The lowest BCUT2D eigenvalue weighted by Gasteiger charge is -2.07. The van der Waals surface area contributed by atoms with Crippen molar-refractivity contribution in [3.05, 3.63) is 65.2 Å². The minimum atomic E-state index is -3.07. The number of methoxy groups -OCH3 is 1. The molecule has 6 heteroatoms. The molecule has 2 aromatic carbocycles. The van der Waals surface area contributed by atoms with Crippen molar-refractivity contribution in [1.29, 1.82) is 0 Å². The molecule has 0 aliphatic carbocycles. The maximum absolute atomic E-state index is 12.1. The lowest BCUT2D eigenvalue weighted by atomic mass is 10.1. The van der Waals surface area contributed by atoms with E-state index >= 15 is 0 Å². The summed E-state index contributed by atoms with van der Waals surface area (Å²) in [6.45, 7) is 0.411. The van der Waals surface area contributed by atoms with Gasteiger partial charge in [-0.1, -0.05) is 24.3 Å². The fraction of sp³-hybridized carbons (Fsp3) is 0.235. The summed E-state index contributed by atoms with van der Waals surface area (Å²) in [5.41, 5.74) is 2.13. The van der Waals surface area contributed by atoms with E-state index in [9.17, 15) is 13.2 Å². The van der Waals surface area contributed by atoms with Crippen LogP contribution in [0.2, 0.25) is 0 Å². The van der Waals surface area contributed by atoms with Crippen LogP contribution < -0.4 is 10.1 Å². The third-order valence-corrected chi connectivity index (χ3v) is 4.11. The van der Waals surface area contributed by atoms with E-state index in [4.69, 9.17) is 4.74 Å². The van der Waals surface area contributed by atoms with Crippen LogP contribution in [0.1, 0.15) is 21.5 Å². The SMILES string of the molecule is COc1ccc(CNC(=O)c2ccc(CS(C)(=O)=O)cc2)cc1. The minimum Gasteiger partial charge on any atom is -0.497 e. The number of carbonyl (C=O) groups is 1. The lowest BCUT2D eigenvalue weighted by molar-refractivity contribution is 0.0951. The fourth-order valence-electron chi connectivity index (χ4n) is 2.08. The smallest absolute Gasteiger partial charge is 0.251 e. The van der Waals surface area contributed by atoms with Crippen LogP contribution in [0.4, 0.5) is 0 Å². The number of hydrogen-bond acceptors (Lipinski definition) is 4. The molecule has 0 radical (unpaired) electrons. The summed E-state index contributed by atoms with van der Waals surface area (Å²) in [6, 6.07) is 14.0. The van der Waals surface area contributed by atoms with Crippen molar-refractivity contribution in [3.8, 4) is 5.75 Å². The van der Waals surface area contributed by atoms with Gasteiger partial charge in [0.25, 0.3) is 5.91 Å². The average molecular weight is 333 g/mol. The second kappa shape index (κ2) is 7.28. The molecule has 23 heavy (non-hydrogen) atoms. The molecule has 5 nitrogen and oxygen atoms in total. The van der Waals surface area contributed by atoms with E-state index in [1.807, 2.05) is 24.3 Å². The van der Waals surface area contributed by atoms with Gasteiger partial charge in [-0.15, -0.1) is 0 Å². The summed E-state index contributed by atoms with van der Waals surface area (Å²) in [7, 11) is -1.47. The Hall–Kier alpha value is -2.34. The van der Waals surface area contributed by atoms with Crippen LogP contribution in [0, 0.1) is 0 Å².